The molecule has 0 aliphatic carbocycles. The van der Waals surface area contributed by atoms with Gasteiger partial charge in [-0.25, -0.2) is 9.59 Å². The SMILES string of the molecule is CC1CCN(C(=O)OC(C)(C)C)C(C)C1NC(=O)c1ccc(NC(N)=O)cc1. The predicted octanol–water partition coefficient (Wildman–Crippen LogP) is 2.94. The molecule has 8 heteroatoms. The molecule has 0 saturated carbocycles. The molecule has 4 N–H and O–H groups in total. The van der Waals surface area contributed by atoms with Crippen LogP contribution in [0.5, 0.6) is 0 Å². The Kier molecular flexibility index (Phi) is 6.53. The number of benzene rings is 1. The Balaban J connectivity index is 2.07. The molecule has 4 amide bonds. The Morgan fingerprint density at radius 3 is 2.29 bits per heavy atom. The van der Waals surface area contributed by atoms with Gasteiger partial charge in [0.05, 0.1) is 12.1 Å². The van der Waals surface area contributed by atoms with Crippen molar-refractivity contribution in [2.75, 3.05) is 11.9 Å². The Hall–Kier alpha value is -2.77. The largest absolute Gasteiger partial charge is 0.444 e. The van der Waals surface area contributed by atoms with Gasteiger partial charge >= 0.3 is 12.1 Å². The van der Waals surface area contributed by atoms with Crippen LogP contribution in [0.2, 0.25) is 0 Å². The van der Waals surface area contributed by atoms with E-state index in [-0.39, 0.29) is 30.0 Å². The number of nitrogens with one attached hydrogen (secondary N) is 2. The van der Waals surface area contributed by atoms with Crippen LogP contribution in [0.15, 0.2) is 24.3 Å². The van der Waals surface area contributed by atoms with Crippen LogP contribution in [0, 0.1) is 5.92 Å². The molecular weight excluding hydrogens is 360 g/mol. The molecule has 1 aromatic rings. The molecule has 0 aromatic heterocycles. The summed E-state index contributed by atoms with van der Waals surface area (Å²) in [6, 6.07) is 5.40. The molecule has 3 unspecified atom stereocenters. The van der Waals surface area contributed by atoms with Gasteiger partial charge in [0.15, 0.2) is 0 Å². The lowest BCUT2D eigenvalue weighted by Gasteiger charge is -2.43. The number of amides is 4. The maximum Gasteiger partial charge on any atom is 0.410 e. The van der Waals surface area contributed by atoms with Gasteiger partial charge in [0, 0.05) is 17.8 Å². The molecule has 1 heterocycles. The zero-order chi connectivity index (χ0) is 21.1. The first-order valence-electron chi connectivity index (χ1n) is 9.45. The molecule has 0 bridgehead atoms. The predicted molar refractivity (Wildman–Crippen MR) is 107 cm³/mol. The Morgan fingerprint density at radius 2 is 1.75 bits per heavy atom. The second-order valence-electron chi connectivity index (χ2n) is 8.25. The second-order valence-corrected chi connectivity index (χ2v) is 8.25. The molecule has 8 nitrogen and oxygen atoms in total. The van der Waals surface area contributed by atoms with Crippen molar-refractivity contribution in [2.45, 2.75) is 58.7 Å². The van der Waals surface area contributed by atoms with E-state index < -0.39 is 11.6 Å². The summed E-state index contributed by atoms with van der Waals surface area (Å²) in [6.45, 7) is 10.1. The number of likely N-dealkylation sites (tertiary alicyclic amines) is 1. The number of hydrogen-bond acceptors (Lipinski definition) is 4. The summed E-state index contributed by atoms with van der Waals surface area (Å²) < 4.78 is 5.50. The van der Waals surface area contributed by atoms with Gasteiger partial charge in [-0.05, 0) is 64.3 Å². The number of carbonyl (C=O) groups is 3. The quantitative estimate of drug-likeness (QED) is 0.736. The maximum absolute atomic E-state index is 12.7. The molecule has 1 aliphatic heterocycles. The summed E-state index contributed by atoms with van der Waals surface area (Å²) in [5.74, 6) is -0.0196. The molecule has 1 aliphatic rings. The molecular formula is C20H30N4O4. The van der Waals surface area contributed by atoms with Crippen molar-refractivity contribution >= 4 is 23.7 Å². The third-order valence-electron chi connectivity index (χ3n) is 4.79. The van der Waals surface area contributed by atoms with Crippen molar-refractivity contribution in [1.29, 1.82) is 0 Å². The number of hydrogen-bond donors (Lipinski definition) is 3. The van der Waals surface area contributed by atoms with Crippen molar-refractivity contribution in [1.82, 2.24) is 10.2 Å². The average Bonchev–Trinajstić information content (AvgIpc) is 2.56. The highest BCUT2D eigenvalue weighted by molar-refractivity contribution is 5.95. The molecule has 28 heavy (non-hydrogen) atoms. The van der Waals surface area contributed by atoms with Gasteiger partial charge in [0.25, 0.3) is 5.91 Å². The minimum atomic E-state index is -0.663. The summed E-state index contributed by atoms with van der Waals surface area (Å²) in [5, 5.41) is 5.49. The van der Waals surface area contributed by atoms with Crippen LogP contribution in [0.1, 0.15) is 51.4 Å². The van der Waals surface area contributed by atoms with E-state index in [2.05, 4.69) is 17.6 Å². The van der Waals surface area contributed by atoms with Crippen LogP contribution in [0.25, 0.3) is 0 Å². The summed E-state index contributed by atoms with van der Waals surface area (Å²) in [5.41, 5.74) is 5.49. The number of ether oxygens (including phenoxy) is 1. The fraction of sp³-hybridized carbons (Fsp3) is 0.550. The summed E-state index contributed by atoms with van der Waals surface area (Å²) in [6.07, 6.45) is 0.406. The van der Waals surface area contributed by atoms with Crippen LogP contribution in [0.3, 0.4) is 0 Å². The molecule has 3 atom stereocenters. The van der Waals surface area contributed by atoms with Crippen LogP contribution < -0.4 is 16.4 Å². The van der Waals surface area contributed by atoms with E-state index in [0.717, 1.165) is 6.42 Å². The fourth-order valence-corrected chi connectivity index (χ4v) is 3.32. The van der Waals surface area contributed by atoms with Gasteiger partial charge in [-0.1, -0.05) is 6.92 Å². The van der Waals surface area contributed by atoms with E-state index in [4.69, 9.17) is 10.5 Å². The van der Waals surface area contributed by atoms with Crippen LogP contribution in [-0.2, 0) is 4.74 Å². The van der Waals surface area contributed by atoms with E-state index >= 15 is 0 Å². The Bertz CT molecular complexity index is 727. The van der Waals surface area contributed by atoms with Gasteiger partial charge < -0.3 is 26.0 Å². The van der Waals surface area contributed by atoms with Crippen molar-refractivity contribution in [3.8, 4) is 0 Å². The van der Waals surface area contributed by atoms with Crippen LogP contribution >= 0.6 is 0 Å². The number of anilines is 1. The third-order valence-corrected chi connectivity index (χ3v) is 4.79. The molecule has 0 radical (unpaired) electrons. The third kappa shape index (κ3) is 5.61. The van der Waals surface area contributed by atoms with Crippen molar-refractivity contribution in [3.63, 3.8) is 0 Å². The normalized spacial score (nSPS) is 22.3. The van der Waals surface area contributed by atoms with Crippen molar-refractivity contribution in [3.05, 3.63) is 29.8 Å². The van der Waals surface area contributed by atoms with Gasteiger partial charge in [0.1, 0.15) is 5.60 Å². The van der Waals surface area contributed by atoms with Crippen molar-refractivity contribution in [2.24, 2.45) is 11.7 Å². The molecule has 0 spiro atoms. The van der Waals surface area contributed by atoms with Gasteiger partial charge in [-0.2, -0.15) is 0 Å². The average molecular weight is 390 g/mol. The highest BCUT2D eigenvalue weighted by Crippen LogP contribution is 2.25. The number of primary amides is 1. The topological polar surface area (TPSA) is 114 Å². The number of piperidine rings is 1. The van der Waals surface area contributed by atoms with E-state index in [1.165, 1.54) is 0 Å². The lowest BCUT2D eigenvalue weighted by Crippen LogP contribution is -2.59. The monoisotopic (exact) mass is 390 g/mol. The minimum Gasteiger partial charge on any atom is -0.444 e. The second kappa shape index (κ2) is 8.50. The first-order chi connectivity index (χ1) is 13.0. The van der Waals surface area contributed by atoms with E-state index in [1.807, 2.05) is 27.7 Å². The van der Waals surface area contributed by atoms with Crippen LogP contribution in [-0.4, -0.2) is 47.2 Å². The van der Waals surface area contributed by atoms with E-state index in [0.29, 0.717) is 17.8 Å². The summed E-state index contributed by atoms with van der Waals surface area (Å²) >= 11 is 0. The van der Waals surface area contributed by atoms with E-state index in [1.54, 1.807) is 29.2 Å². The highest BCUT2D eigenvalue weighted by Gasteiger charge is 2.38. The zero-order valence-corrected chi connectivity index (χ0v) is 17.1. The lowest BCUT2D eigenvalue weighted by molar-refractivity contribution is 0.000870. The fourth-order valence-electron chi connectivity index (χ4n) is 3.32. The highest BCUT2D eigenvalue weighted by atomic mass is 16.6. The van der Waals surface area contributed by atoms with Gasteiger partial charge in [-0.15, -0.1) is 0 Å². The van der Waals surface area contributed by atoms with Gasteiger partial charge in [0.2, 0.25) is 0 Å². The minimum absolute atomic E-state index is 0.196. The zero-order valence-electron chi connectivity index (χ0n) is 17.1. The first-order valence-corrected chi connectivity index (χ1v) is 9.45. The van der Waals surface area contributed by atoms with Gasteiger partial charge in [-0.3, -0.25) is 4.79 Å². The molecule has 2 rings (SSSR count). The molecule has 154 valence electrons. The summed E-state index contributed by atoms with van der Waals surface area (Å²) in [4.78, 5) is 37.7. The van der Waals surface area contributed by atoms with Crippen molar-refractivity contribution < 1.29 is 19.1 Å². The maximum atomic E-state index is 12.7. The number of carbonyl (C=O) groups excluding carboxylic acids is 3. The summed E-state index contributed by atoms with van der Waals surface area (Å²) in [7, 11) is 0. The Labute approximate surface area is 165 Å². The standard InChI is InChI=1S/C20H30N4O4/c1-12-10-11-24(19(27)28-20(3,4)5)13(2)16(12)23-17(25)14-6-8-15(9-7-14)22-18(21)26/h6-9,12-13,16H,10-11H2,1-5H3,(H,23,25)(H3,21,22,26). The van der Waals surface area contributed by atoms with Crippen LogP contribution in [0.4, 0.5) is 15.3 Å². The number of rotatable bonds is 3. The van der Waals surface area contributed by atoms with E-state index in [9.17, 15) is 14.4 Å². The number of nitrogens with two attached hydrogens (primary N) is 1. The number of nitrogens with zero attached hydrogens (tertiary/aromatic N) is 1. The lowest BCUT2D eigenvalue weighted by atomic mass is 9.87. The Morgan fingerprint density at radius 1 is 1.14 bits per heavy atom. The molecule has 1 aromatic carbocycles. The number of urea groups is 1. The molecule has 1 fully saturated rings. The smallest absolute Gasteiger partial charge is 0.410 e. The first kappa shape index (κ1) is 21.5. The molecule has 1 saturated heterocycles.